The lowest BCUT2D eigenvalue weighted by Gasteiger charge is -2.11. The highest BCUT2D eigenvalue weighted by molar-refractivity contribution is 7.90. The zero-order valence-electron chi connectivity index (χ0n) is 19.2. The van der Waals surface area contributed by atoms with Gasteiger partial charge in [0.2, 0.25) is 0 Å². The molecule has 0 amide bonds. The summed E-state index contributed by atoms with van der Waals surface area (Å²) < 4.78 is 31.1. The fourth-order valence-corrected chi connectivity index (χ4v) is 3.60. The Bertz CT molecular complexity index is 1190. The van der Waals surface area contributed by atoms with E-state index in [0.717, 1.165) is 12.7 Å². The van der Waals surface area contributed by atoms with E-state index in [0.29, 0.717) is 41.4 Å². The van der Waals surface area contributed by atoms with Gasteiger partial charge >= 0.3 is 0 Å². The molecule has 3 aromatic rings. The zero-order chi connectivity index (χ0) is 23.2. The molecule has 0 saturated carbocycles. The third-order valence-electron chi connectivity index (χ3n) is 4.65. The van der Waals surface area contributed by atoms with Gasteiger partial charge in [0, 0.05) is 12.7 Å². The Morgan fingerprint density at radius 2 is 1.77 bits per heavy atom. The molecule has 0 atom stereocenters. The van der Waals surface area contributed by atoms with E-state index in [9.17, 15) is 13.2 Å². The van der Waals surface area contributed by atoms with E-state index in [1.807, 2.05) is 13.8 Å². The summed E-state index contributed by atoms with van der Waals surface area (Å²) in [4.78, 5) is 20.0. The molecular weight excluding hydrogens is 416 g/mol. The predicted octanol–water partition coefficient (Wildman–Crippen LogP) is 3.95. The van der Waals surface area contributed by atoms with Gasteiger partial charge in [0.15, 0.2) is 21.2 Å². The Morgan fingerprint density at radius 1 is 1.10 bits per heavy atom. The molecule has 0 fully saturated rings. The summed E-state index contributed by atoms with van der Waals surface area (Å²) >= 11 is 0. The average Bonchev–Trinajstić information content (AvgIpc) is 3.04. The number of nitrogens with one attached hydrogen (secondary N) is 1. The number of benzene rings is 1. The van der Waals surface area contributed by atoms with Crippen LogP contribution in [0.1, 0.15) is 58.5 Å². The van der Waals surface area contributed by atoms with Crippen LogP contribution in [0.3, 0.4) is 0 Å². The van der Waals surface area contributed by atoms with Crippen molar-refractivity contribution in [3.05, 3.63) is 40.1 Å². The Hall–Kier alpha value is -2.68. The number of hydrogen-bond acceptors (Lipinski definition) is 6. The number of rotatable bonds is 7. The lowest BCUT2D eigenvalue weighted by molar-refractivity contribution is 0.341. The van der Waals surface area contributed by atoms with Crippen molar-refractivity contribution >= 4 is 15.4 Å². The van der Waals surface area contributed by atoms with Crippen molar-refractivity contribution < 1.29 is 13.2 Å². The summed E-state index contributed by atoms with van der Waals surface area (Å²) in [5.74, 6) is 1.37. The largest absolute Gasteiger partial charge is 0.493 e. The topological polar surface area (TPSA) is 106 Å². The number of imidazole rings is 1. The third-order valence-corrected chi connectivity index (χ3v) is 5.76. The maximum Gasteiger partial charge on any atom is 0.277 e. The zero-order valence-corrected chi connectivity index (χ0v) is 20.0. The monoisotopic (exact) mass is 448 g/mol. The summed E-state index contributed by atoms with van der Waals surface area (Å²) in [6.45, 7) is 10.4. The van der Waals surface area contributed by atoms with Crippen LogP contribution in [0.25, 0.3) is 16.9 Å². The molecule has 170 valence electrons. The first-order valence-corrected chi connectivity index (χ1v) is 12.5. The first kappa shape index (κ1) is 24.6. The Kier molecular flexibility index (Phi) is 8.38. The van der Waals surface area contributed by atoms with Crippen molar-refractivity contribution in [3.8, 4) is 17.1 Å². The van der Waals surface area contributed by atoms with Crippen molar-refractivity contribution in [1.29, 1.82) is 0 Å². The summed E-state index contributed by atoms with van der Waals surface area (Å²) in [5, 5.41) is 4.54. The van der Waals surface area contributed by atoms with Gasteiger partial charge in [-0.15, -0.1) is 5.10 Å². The van der Waals surface area contributed by atoms with Crippen molar-refractivity contribution in [1.82, 2.24) is 19.6 Å². The van der Waals surface area contributed by atoms with Crippen LogP contribution in [0.2, 0.25) is 0 Å². The number of nitrogens with zero attached hydrogens (tertiary/aromatic N) is 3. The lowest BCUT2D eigenvalue weighted by atomic mass is 10.2. The highest BCUT2D eigenvalue weighted by atomic mass is 32.2. The second-order valence-electron chi connectivity index (χ2n) is 7.29. The van der Waals surface area contributed by atoms with E-state index in [-0.39, 0.29) is 16.3 Å². The first-order chi connectivity index (χ1) is 14.7. The standard InChI is InChI=1S/C18H22N4O4S.C4H10/c1-5-7-15-19-11(3)16-18(23)20-17(21-22(15)16)13-10-12(27(4,24)25)8-9-14(13)26-6-2;1-3-4-2/h8-10H,5-7H2,1-4H3,(H,20,21,23);3-4H2,1-2H3. The van der Waals surface area contributed by atoms with E-state index in [1.54, 1.807) is 13.0 Å². The van der Waals surface area contributed by atoms with Crippen LogP contribution in [0.4, 0.5) is 0 Å². The number of aromatic nitrogens is 4. The van der Waals surface area contributed by atoms with Crippen molar-refractivity contribution in [3.63, 3.8) is 0 Å². The maximum atomic E-state index is 12.6. The Labute approximate surface area is 183 Å². The fourth-order valence-electron chi connectivity index (χ4n) is 2.95. The summed E-state index contributed by atoms with van der Waals surface area (Å²) in [7, 11) is -3.42. The van der Waals surface area contributed by atoms with Gasteiger partial charge in [-0.1, -0.05) is 33.6 Å². The number of fused-ring (bicyclic) bond motifs is 1. The van der Waals surface area contributed by atoms with Crippen molar-refractivity contribution in [2.45, 2.75) is 65.2 Å². The number of hydrogen-bond donors (Lipinski definition) is 1. The van der Waals surface area contributed by atoms with E-state index < -0.39 is 9.84 Å². The molecule has 0 aliphatic heterocycles. The molecule has 8 nitrogen and oxygen atoms in total. The minimum absolute atomic E-state index is 0.124. The average molecular weight is 449 g/mol. The minimum atomic E-state index is -3.42. The normalized spacial score (nSPS) is 11.3. The predicted molar refractivity (Wildman–Crippen MR) is 123 cm³/mol. The Balaban J connectivity index is 0.000000785. The van der Waals surface area contributed by atoms with Gasteiger partial charge in [0.1, 0.15) is 11.6 Å². The second-order valence-corrected chi connectivity index (χ2v) is 9.31. The summed E-state index contributed by atoms with van der Waals surface area (Å²) in [6.07, 6.45) is 5.30. The lowest BCUT2D eigenvalue weighted by Crippen LogP contribution is -2.16. The molecule has 0 spiro atoms. The molecule has 3 rings (SSSR count). The van der Waals surface area contributed by atoms with E-state index in [4.69, 9.17) is 4.74 Å². The highest BCUT2D eigenvalue weighted by Crippen LogP contribution is 2.30. The molecule has 0 radical (unpaired) electrons. The molecule has 1 N–H and O–H groups in total. The molecule has 0 aliphatic rings. The highest BCUT2D eigenvalue weighted by Gasteiger charge is 2.18. The van der Waals surface area contributed by atoms with Gasteiger partial charge < -0.3 is 9.72 Å². The third kappa shape index (κ3) is 5.72. The number of H-pyrrole nitrogens is 1. The number of aromatic amines is 1. The van der Waals surface area contributed by atoms with Crippen molar-refractivity contribution in [2.75, 3.05) is 12.9 Å². The molecular formula is C22H32N4O4S. The van der Waals surface area contributed by atoms with Crippen LogP contribution in [0, 0.1) is 6.92 Å². The molecule has 2 heterocycles. The van der Waals surface area contributed by atoms with Gasteiger partial charge in [-0.05, 0) is 38.5 Å². The van der Waals surface area contributed by atoms with Gasteiger partial charge in [0.05, 0.1) is 22.8 Å². The molecule has 0 aliphatic carbocycles. The summed E-state index contributed by atoms with van der Waals surface area (Å²) in [6, 6.07) is 4.52. The van der Waals surface area contributed by atoms with Crippen LogP contribution < -0.4 is 10.3 Å². The molecule has 1 aromatic carbocycles. The van der Waals surface area contributed by atoms with Crippen LogP contribution >= 0.6 is 0 Å². The van der Waals surface area contributed by atoms with Crippen LogP contribution in [0.5, 0.6) is 5.75 Å². The number of unbranched alkanes of at least 4 members (excludes halogenated alkanes) is 1. The minimum Gasteiger partial charge on any atom is -0.493 e. The number of ether oxygens (including phenoxy) is 1. The number of sulfone groups is 1. The van der Waals surface area contributed by atoms with E-state index in [1.165, 1.54) is 29.5 Å². The maximum absolute atomic E-state index is 12.6. The Morgan fingerprint density at radius 3 is 2.32 bits per heavy atom. The van der Waals surface area contributed by atoms with E-state index >= 15 is 0 Å². The quantitative estimate of drug-likeness (QED) is 0.586. The molecule has 0 bridgehead atoms. The molecule has 2 aromatic heterocycles. The van der Waals surface area contributed by atoms with Crippen LogP contribution in [-0.4, -0.2) is 40.9 Å². The first-order valence-electron chi connectivity index (χ1n) is 10.6. The SMILES string of the molecule is CCCC.CCCc1nc(C)c2c(=O)[nH]c(-c3cc(S(C)(=O)=O)ccc3OCC)nn12. The van der Waals surface area contributed by atoms with Gasteiger partial charge in [-0.3, -0.25) is 4.79 Å². The van der Waals surface area contributed by atoms with Gasteiger partial charge in [-0.2, -0.15) is 0 Å². The molecule has 9 heteroatoms. The fraction of sp³-hybridized carbons (Fsp3) is 0.500. The number of aryl methyl sites for hydroxylation is 2. The molecule has 0 saturated heterocycles. The van der Waals surface area contributed by atoms with Gasteiger partial charge in [0.25, 0.3) is 5.56 Å². The smallest absolute Gasteiger partial charge is 0.277 e. The van der Waals surface area contributed by atoms with Crippen LogP contribution in [-0.2, 0) is 16.3 Å². The molecule has 31 heavy (non-hydrogen) atoms. The van der Waals surface area contributed by atoms with Crippen LogP contribution in [0.15, 0.2) is 27.9 Å². The second kappa shape index (κ2) is 10.6. The van der Waals surface area contributed by atoms with E-state index in [2.05, 4.69) is 28.9 Å². The van der Waals surface area contributed by atoms with Gasteiger partial charge in [-0.25, -0.2) is 17.9 Å². The van der Waals surface area contributed by atoms with Crippen molar-refractivity contribution in [2.24, 2.45) is 0 Å². The summed E-state index contributed by atoms with van der Waals surface area (Å²) in [5.41, 5.74) is 1.07. The molecule has 0 unspecified atom stereocenters.